The number of halogens is 1. The fraction of sp³-hybridized carbons (Fsp3) is 0.353. The molecule has 1 atom stereocenters. The van der Waals surface area contributed by atoms with Crippen LogP contribution in [0.4, 0.5) is 10.2 Å². The smallest absolute Gasteiger partial charge is 0.161 e. The molecule has 0 bridgehead atoms. The molecular formula is C17H18FN5O. The molecule has 1 aliphatic rings. The number of aromatic amines is 1. The molecule has 0 radical (unpaired) electrons. The first-order chi connectivity index (χ1) is 11.6. The SMILES string of the molecule is Cc1nc(N(CC(O)c2ccc(F)cc2)C2CC2)c2cn[nH]c2n1. The molecule has 2 heterocycles. The van der Waals surface area contributed by atoms with E-state index in [2.05, 4.69) is 25.1 Å². The Balaban J connectivity index is 1.67. The van der Waals surface area contributed by atoms with Crippen molar-refractivity contribution in [2.45, 2.75) is 31.9 Å². The molecule has 2 aromatic heterocycles. The van der Waals surface area contributed by atoms with Crippen LogP contribution in [0.25, 0.3) is 11.0 Å². The third-order valence-corrected chi connectivity index (χ3v) is 4.29. The van der Waals surface area contributed by atoms with Gasteiger partial charge in [-0.15, -0.1) is 0 Å². The third-order valence-electron chi connectivity index (χ3n) is 4.29. The monoisotopic (exact) mass is 327 g/mol. The fourth-order valence-corrected chi connectivity index (χ4v) is 2.92. The molecule has 0 saturated heterocycles. The summed E-state index contributed by atoms with van der Waals surface area (Å²) in [7, 11) is 0. The number of aliphatic hydroxyl groups is 1. The molecule has 1 aromatic carbocycles. The van der Waals surface area contributed by atoms with Gasteiger partial charge in [-0.3, -0.25) is 5.10 Å². The molecule has 1 unspecified atom stereocenters. The summed E-state index contributed by atoms with van der Waals surface area (Å²) in [6.45, 7) is 2.23. The summed E-state index contributed by atoms with van der Waals surface area (Å²) in [4.78, 5) is 11.0. The van der Waals surface area contributed by atoms with E-state index in [1.165, 1.54) is 12.1 Å². The lowest BCUT2D eigenvalue weighted by atomic mass is 10.1. The number of rotatable bonds is 5. The van der Waals surface area contributed by atoms with Gasteiger partial charge < -0.3 is 10.0 Å². The molecule has 1 aliphatic carbocycles. The Bertz CT molecular complexity index is 859. The minimum absolute atomic E-state index is 0.309. The topological polar surface area (TPSA) is 77.9 Å². The van der Waals surface area contributed by atoms with Gasteiger partial charge in [0.15, 0.2) is 5.65 Å². The molecule has 0 spiro atoms. The second kappa shape index (κ2) is 5.83. The lowest BCUT2D eigenvalue weighted by Gasteiger charge is -2.27. The van der Waals surface area contributed by atoms with E-state index < -0.39 is 6.10 Å². The molecule has 7 heteroatoms. The van der Waals surface area contributed by atoms with Crippen LogP contribution in [-0.4, -0.2) is 37.9 Å². The number of benzene rings is 1. The van der Waals surface area contributed by atoms with Gasteiger partial charge in [-0.2, -0.15) is 5.10 Å². The first-order valence-electron chi connectivity index (χ1n) is 7.99. The Hall–Kier alpha value is -2.54. The van der Waals surface area contributed by atoms with Gasteiger partial charge in [0, 0.05) is 12.6 Å². The highest BCUT2D eigenvalue weighted by molar-refractivity contribution is 5.86. The fourth-order valence-electron chi connectivity index (χ4n) is 2.92. The highest BCUT2D eigenvalue weighted by atomic mass is 19.1. The molecule has 0 aliphatic heterocycles. The van der Waals surface area contributed by atoms with Crippen LogP contribution in [-0.2, 0) is 0 Å². The van der Waals surface area contributed by atoms with Crippen LogP contribution < -0.4 is 4.90 Å². The number of nitrogens with one attached hydrogen (secondary N) is 1. The molecular weight excluding hydrogens is 309 g/mol. The van der Waals surface area contributed by atoms with Gasteiger partial charge in [-0.25, -0.2) is 14.4 Å². The summed E-state index contributed by atoms with van der Waals surface area (Å²) < 4.78 is 13.1. The van der Waals surface area contributed by atoms with Crippen molar-refractivity contribution >= 4 is 16.9 Å². The van der Waals surface area contributed by atoms with Crippen LogP contribution in [0.1, 0.15) is 30.3 Å². The van der Waals surface area contributed by atoms with Crippen LogP contribution in [0.15, 0.2) is 30.5 Å². The third kappa shape index (κ3) is 2.82. The van der Waals surface area contributed by atoms with Crippen molar-refractivity contribution in [3.8, 4) is 0 Å². The number of fused-ring (bicyclic) bond motifs is 1. The van der Waals surface area contributed by atoms with Gasteiger partial charge >= 0.3 is 0 Å². The normalized spacial score (nSPS) is 15.6. The number of anilines is 1. The van der Waals surface area contributed by atoms with Gasteiger partial charge in [0.05, 0.1) is 17.7 Å². The standard InChI is InChI=1S/C17H18FN5O/c1-10-20-16-14(8-19-22-16)17(21-10)23(13-6-7-13)9-15(24)11-2-4-12(18)5-3-11/h2-5,8,13,15,24H,6-7,9H2,1H3,(H,19,20,21,22). The van der Waals surface area contributed by atoms with Gasteiger partial charge in [0.2, 0.25) is 0 Å². The van der Waals surface area contributed by atoms with Gasteiger partial charge in [0.25, 0.3) is 0 Å². The van der Waals surface area contributed by atoms with E-state index in [0.717, 1.165) is 24.0 Å². The van der Waals surface area contributed by atoms with Crippen molar-refractivity contribution in [1.82, 2.24) is 20.2 Å². The summed E-state index contributed by atoms with van der Waals surface area (Å²) in [6, 6.07) is 6.31. The summed E-state index contributed by atoms with van der Waals surface area (Å²) in [5, 5.41) is 18.4. The number of hydrogen-bond acceptors (Lipinski definition) is 5. The van der Waals surface area contributed by atoms with Crippen LogP contribution >= 0.6 is 0 Å². The molecule has 124 valence electrons. The second-order valence-corrected chi connectivity index (χ2v) is 6.18. The van der Waals surface area contributed by atoms with Crippen LogP contribution in [0, 0.1) is 12.7 Å². The zero-order valence-electron chi connectivity index (χ0n) is 13.3. The maximum Gasteiger partial charge on any atom is 0.161 e. The van der Waals surface area contributed by atoms with Crippen molar-refractivity contribution in [2.24, 2.45) is 0 Å². The number of aryl methyl sites for hydroxylation is 1. The van der Waals surface area contributed by atoms with E-state index >= 15 is 0 Å². The predicted molar refractivity (Wildman–Crippen MR) is 88.1 cm³/mol. The lowest BCUT2D eigenvalue weighted by Crippen LogP contribution is -2.32. The van der Waals surface area contributed by atoms with Crippen molar-refractivity contribution in [1.29, 1.82) is 0 Å². The zero-order valence-corrected chi connectivity index (χ0v) is 13.3. The largest absolute Gasteiger partial charge is 0.387 e. The van der Waals surface area contributed by atoms with Crippen molar-refractivity contribution in [3.63, 3.8) is 0 Å². The minimum Gasteiger partial charge on any atom is -0.387 e. The van der Waals surface area contributed by atoms with E-state index in [1.54, 1.807) is 18.3 Å². The first-order valence-corrected chi connectivity index (χ1v) is 7.99. The van der Waals surface area contributed by atoms with Gasteiger partial charge in [-0.1, -0.05) is 12.1 Å². The number of aromatic nitrogens is 4. The number of H-pyrrole nitrogens is 1. The number of aliphatic hydroxyl groups excluding tert-OH is 1. The quantitative estimate of drug-likeness (QED) is 0.753. The Morgan fingerprint density at radius 1 is 1.29 bits per heavy atom. The average Bonchev–Trinajstić information content (AvgIpc) is 3.30. The molecule has 1 fully saturated rings. The molecule has 2 N–H and O–H groups in total. The molecule has 4 rings (SSSR count). The first kappa shape index (κ1) is 15.0. The van der Waals surface area contributed by atoms with Crippen LogP contribution in [0.2, 0.25) is 0 Å². The lowest BCUT2D eigenvalue weighted by molar-refractivity contribution is 0.182. The highest BCUT2D eigenvalue weighted by Gasteiger charge is 2.33. The van der Waals surface area contributed by atoms with E-state index in [4.69, 9.17) is 0 Å². The number of hydrogen-bond donors (Lipinski definition) is 2. The maximum absolute atomic E-state index is 13.1. The minimum atomic E-state index is -0.719. The van der Waals surface area contributed by atoms with E-state index in [0.29, 0.717) is 29.6 Å². The summed E-state index contributed by atoms with van der Waals surface area (Å²) in [5.74, 6) is 1.13. The van der Waals surface area contributed by atoms with Gasteiger partial charge in [-0.05, 0) is 37.5 Å². The molecule has 3 aromatic rings. The molecule has 0 amide bonds. The van der Waals surface area contributed by atoms with Crippen molar-refractivity contribution in [2.75, 3.05) is 11.4 Å². The zero-order chi connectivity index (χ0) is 16.7. The Morgan fingerprint density at radius 2 is 2.04 bits per heavy atom. The predicted octanol–water partition coefficient (Wildman–Crippen LogP) is 2.50. The van der Waals surface area contributed by atoms with Crippen LogP contribution in [0.5, 0.6) is 0 Å². The van der Waals surface area contributed by atoms with E-state index in [9.17, 15) is 9.50 Å². The van der Waals surface area contributed by atoms with Crippen molar-refractivity contribution in [3.05, 3.63) is 47.7 Å². The van der Waals surface area contributed by atoms with Gasteiger partial charge in [0.1, 0.15) is 17.5 Å². The van der Waals surface area contributed by atoms with E-state index in [-0.39, 0.29) is 5.82 Å². The summed E-state index contributed by atoms with van der Waals surface area (Å²) in [6.07, 6.45) is 3.13. The van der Waals surface area contributed by atoms with E-state index in [1.807, 2.05) is 6.92 Å². The maximum atomic E-state index is 13.1. The molecule has 24 heavy (non-hydrogen) atoms. The molecule has 1 saturated carbocycles. The Kier molecular flexibility index (Phi) is 3.65. The summed E-state index contributed by atoms with van der Waals surface area (Å²) >= 11 is 0. The van der Waals surface area contributed by atoms with Crippen LogP contribution in [0.3, 0.4) is 0 Å². The Morgan fingerprint density at radius 3 is 2.75 bits per heavy atom. The second-order valence-electron chi connectivity index (χ2n) is 6.18. The number of nitrogens with zero attached hydrogens (tertiary/aromatic N) is 4. The molecule has 6 nitrogen and oxygen atoms in total. The average molecular weight is 327 g/mol. The summed E-state index contributed by atoms with van der Waals surface area (Å²) in [5.41, 5.74) is 1.38. The highest BCUT2D eigenvalue weighted by Crippen LogP contribution is 2.35. The van der Waals surface area contributed by atoms with Crippen molar-refractivity contribution < 1.29 is 9.50 Å². The Labute approximate surface area is 138 Å².